The number of nitrogens with zero attached hydrogens (tertiary/aromatic N) is 2. The molecule has 2 amide bonds. The molecule has 128 valence electrons. The van der Waals surface area contributed by atoms with E-state index in [4.69, 9.17) is 0 Å². The molecule has 0 saturated carbocycles. The number of benzene rings is 1. The van der Waals surface area contributed by atoms with E-state index in [-0.39, 0.29) is 12.1 Å². The number of carbonyl (C=O) groups excluding carboxylic acids is 1. The van der Waals surface area contributed by atoms with E-state index in [2.05, 4.69) is 65.7 Å². The molecule has 0 radical (unpaired) electrons. The van der Waals surface area contributed by atoms with Crippen LogP contribution in [0.4, 0.5) is 4.79 Å². The predicted octanol–water partition coefficient (Wildman–Crippen LogP) is 1.76. The van der Waals surface area contributed by atoms with E-state index in [1.54, 1.807) is 0 Å². The SMILES string of the molecule is CCCNC(=O)N[C@@H]1CN(Cc2ccccc2)C[C@H]1CN(C)C. The molecule has 0 aliphatic carbocycles. The summed E-state index contributed by atoms with van der Waals surface area (Å²) >= 11 is 0. The smallest absolute Gasteiger partial charge is 0.315 e. The van der Waals surface area contributed by atoms with E-state index in [9.17, 15) is 4.79 Å². The Morgan fingerprint density at radius 2 is 2.00 bits per heavy atom. The molecule has 2 atom stereocenters. The van der Waals surface area contributed by atoms with Gasteiger partial charge in [-0.1, -0.05) is 37.3 Å². The second kappa shape index (κ2) is 8.89. The van der Waals surface area contributed by atoms with Crippen LogP contribution in [0.15, 0.2) is 30.3 Å². The van der Waals surface area contributed by atoms with Crippen LogP contribution < -0.4 is 10.6 Å². The number of rotatable bonds is 7. The van der Waals surface area contributed by atoms with Gasteiger partial charge in [0.2, 0.25) is 0 Å². The second-order valence-electron chi connectivity index (χ2n) is 6.71. The van der Waals surface area contributed by atoms with Crippen molar-refractivity contribution in [2.45, 2.75) is 25.9 Å². The summed E-state index contributed by atoms with van der Waals surface area (Å²) in [7, 11) is 4.18. The van der Waals surface area contributed by atoms with Crippen LogP contribution in [0, 0.1) is 5.92 Å². The van der Waals surface area contributed by atoms with Gasteiger partial charge in [-0.25, -0.2) is 4.79 Å². The molecule has 0 aromatic heterocycles. The van der Waals surface area contributed by atoms with Crippen molar-refractivity contribution in [3.8, 4) is 0 Å². The van der Waals surface area contributed by atoms with Gasteiger partial charge < -0.3 is 15.5 Å². The standard InChI is InChI=1S/C18H30N4O/c1-4-10-19-18(23)20-17-14-22(13-16(17)12-21(2)3)11-15-8-6-5-7-9-15/h5-9,16-17H,4,10-14H2,1-3H3,(H2,19,20,23)/t16-,17-/m1/s1. The molecule has 2 N–H and O–H groups in total. The predicted molar refractivity (Wildman–Crippen MR) is 94.4 cm³/mol. The van der Waals surface area contributed by atoms with E-state index in [0.717, 1.165) is 39.1 Å². The van der Waals surface area contributed by atoms with E-state index in [1.165, 1.54) is 5.56 Å². The molecule has 1 heterocycles. The zero-order chi connectivity index (χ0) is 16.7. The molecule has 1 fully saturated rings. The molecule has 1 saturated heterocycles. The largest absolute Gasteiger partial charge is 0.338 e. The van der Waals surface area contributed by atoms with Crippen LogP contribution in [0.1, 0.15) is 18.9 Å². The molecule has 5 nitrogen and oxygen atoms in total. The highest BCUT2D eigenvalue weighted by molar-refractivity contribution is 5.74. The van der Waals surface area contributed by atoms with Gasteiger partial charge in [0.1, 0.15) is 0 Å². The van der Waals surface area contributed by atoms with Crippen molar-refractivity contribution < 1.29 is 4.79 Å². The average molecular weight is 318 g/mol. The topological polar surface area (TPSA) is 47.6 Å². The number of nitrogens with one attached hydrogen (secondary N) is 2. The van der Waals surface area contributed by atoms with Crippen LogP contribution in [-0.4, -0.2) is 62.1 Å². The van der Waals surface area contributed by atoms with E-state index < -0.39 is 0 Å². The molecule has 0 spiro atoms. The highest BCUT2D eigenvalue weighted by atomic mass is 16.2. The Hall–Kier alpha value is -1.59. The van der Waals surface area contributed by atoms with E-state index >= 15 is 0 Å². The van der Waals surface area contributed by atoms with Crippen LogP contribution in [0.3, 0.4) is 0 Å². The van der Waals surface area contributed by atoms with Gasteiger partial charge in [0.25, 0.3) is 0 Å². The van der Waals surface area contributed by atoms with Gasteiger partial charge in [-0.3, -0.25) is 4.90 Å². The average Bonchev–Trinajstić information content (AvgIpc) is 2.86. The van der Waals surface area contributed by atoms with Crippen LogP contribution in [0.5, 0.6) is 0 Å². The summed E-state index contributed by atoms with van der Waals surface area (Å²) in [5.41, 5.74) is 1.33. The first-order valence-electron chi connectivity index (χ1n) is 8.54. The van der Waals surface area contributed by atoms with Gasteiger partial charge in [-0.05, 0) is 26.1 Å². The van der Waals surface area contributed by atoms with Crippen molar-refractivity contribution in [2.75, 3.05) is 40.3 Å². The maximum atomic E-state index is 12.0. The molecular weight excluding hydrogens is 288 g/mol. The van der Waals surface area contributed by atoms with Crippen LogP contribution >= 0.6 is 0 Å². The number of hydrogen-bond donors (Lipinski definition) is 2. The number of amides is 2. The van der Waals surface area contributed by atoms with Gasteiger partial charge in [0, 0.05) is 44.7 Å². The minimum atomic E-state index is -0.0397. The lowest BCUT2D eigenvalue weighted by atomic mass is 10.0. The van der Waals surface area contributed by atoms with Crippen molar-refractivity contribution in [3.63, 3.8) is 0 Å². The zero-order valence-corrected chi connectivity index (χ0v) is 14.6. The summed E-state index contributed by atoms with van der Waals surface area (Å²) in [6, 6.07) is 10.7. The summed E-state index contributed by atoms with van der Waals surface area (Å²) in [6.07, 6.45) is 0.958. The van der Waals surface area contributed by atoms with Gasteiger partial charge >= 0.3 is 6.03 Å². The van der Waals surface area contributed by atoms with Crippen molar-refractivity contribution in [1.82, 2.24) is 20.4 Å². The molecule has 2 rings (SSSR count). The van der Waals surface area contributed by atoms with Crippen LogP contribution in [-0.2, 0) is 6.54 Å². The molecule has 23 heavy (non-hydrogen) atoms. The Kier molecular flexibility index (Phi) is 6.86. The molecule has 1 aliphatic rings. The van der Waals surface area contributed by atoms with Gasteiger partial charge in [-0.15, -0.1) is 0 Å². The maximum Gasteiger partial charge on any atom is 0.315 e. The van der Waals surface area contributed by atoms with E-state index in [1.807, 2.05) is 6.07 Å². The molecule has 1 aromatic rings. The maximum absolute atomic E-state index is 12.0. The molecular formula is C18H30N4O. The van der Waals surface area contributed by atoms with Gasteiger partial charge in [-0.2, -0.15) is 0 Å². The first kappa shape index (κ1) is 17.8. The number of urea groups is 1. The Morgan fingerprint density at radius 3 is 2.65 bits per heavy atom. The summed E-state index contributed by atoms with van der Waals surface area (Å²) in [4.78, 5) is 16.6. The van der Waals surface area contributed by atoms with Crippen LogP contribution in [0.2, 0.25) is 0 Å². The Bertz CT molecular complexity index is 477. The van der Waals surface area contributed by atoms with Gasteiger partial charge in [0.15, 0.2) is 0 Å². The normalized spacial score (nSPS) is 21.6. The third-order valence-electron chi connectivity index (χ3n) is 4.22. The van der Waals surface area contributed by atoms with Crippen molar-refractivity contribution >= 4 is 6.03 Å². The summed E-state index contributed by atoms with van der Waals surface area (Å²) in [5.74, 6) is 0.459. The van der Waals surface area contributed by atoms with Crippen molar-refractivity contribution in [1.29, 1.82) is 0 Å². The molecule has 0 bridgehead atoms. The summed E-state index contributed by atoms with van der Waals surface area (Å²) < 4.78 is 0. The van der Waals surface area contributed by atoms with Crippen molar-refractivity contribution in [3.05, 3.63) is 35.9 Å². The third-order valence-corrected chi connectivity index (χ3v) is 4.22. The zero-order valence-electron chi connectivity index (χ0n) is 14.6. The molecule has 1 aliphatic heterocycles. The minimum Gasteiger partial charge on any atom is -0.338 e. The van der Waals surface area contributed by atoms with Gasteiger partial charge in [0.05, 0.1) is 0 Å². The summed E-state index contributed by atoms with van der Waals surface area (Å²) in [6.45, 7) is 6.65. The minimum absolute atomic E-state index is 0.0397. The molecule has 5 heteroatoms. The Morgan fingerprint density at radius 1 is 1.26 bits per heavy atom. The highest BCUT2D eigenvalue weighted by Crippen LogP contribution is 2.20. The quantitative estimate of drug-likeness (QED) is 0.805. The molecule has 1 aromatic carbocycles. The lowest BCUT2D eigenvalue weighted by molar-refractivity contribution is 0.230. The van der Waals surface area contributed by atoms with E-state index in [0.29, 0.717) is 5.92 Å². The first-order chi connectivity index (χ1) is 11.1. The fourth-order valence-corrected chi connectivity index (χ4v) is 3.21. The fourth-order valence-electron chi connectivity index (χ4n) is 3.21. The molecule has 0 unspecified atom stereocenters. The second-order valence-corrected chi connectivity index (χ2v) is 6.71. The number of likely N-dealkylation sites (tertiary alicyclic amines) is 1. The highest BCUT2D eigenvalue weighted by Gasteiger charge is 2.33. The Labute approximate surface area is 140 Å². The number of carbonyl (C=O) groups is 1. The monoisotopic (exact) mass is 318 g/mol. The Balaban J connectivity index is 1.93. The van der Waals surface area contributed by atoms with Crippen LogP contribution in [0.25, 0.3) is 0 Å². The summed E-state index contributed by atoms with van der Waals surface area (Å²) in [5, 5.41) is 6.08. The third kappa shape index (κ3) is 5.84. The lowest BCUT2D eigenvalue weighted by Crippen LogP contribution is -2.47. The lowest BCUT2D eigenvalue weighted by Gasteiger charge is -2.23. The van der Waals surface area contributed by atoms with Crippen molar-refractivity contribution in [2.24, 2.45) is 5.92 Å². The first-order valence-corrected chi connectivity index (χ1v) is 8.54. The fraction of sp³-hybridized carbons (Fsp3) is 0.611. The number of hydrogen-bond acceptors (Lipinski definition) is 3.